The first-order chi connectivity index (χ1) is 6.13. The zero-order valence-electron chi connectivity index (χ0n) is 7.75. The molecule has 3 nitrogen and oxygen atoms in total. The number of carbonyl (C=O) groups excluding carboxylic acids is 1. The van der Waals surface area contributed by atoms with Crippen LogP contribution in [0.3, 0.4) is 0 Å². The van der Waals surface area contributed by atoms with Gasteiger partial charge in [0.05, 0.1) is 11.6 Å². The molecule has 1 heterocycles. The highest BCUT2D eigenvalue weighted by molar-refractivity contribution is 5.94. The van der Waals surface area contributed by atoms with Crippen molar-refractivity contribution >= 4 is 5.91 Å². The molecule has 0 radical (unpaired) electrons. The van der Waals surface area contributed by atoms with E-state index in [-0.39, 0.29) is 5.91 Å². The number of nitrogens with zero attached hydrogens (tertiary/aromatic N) is 1. The molecule has 0 saturated heterocycles. The maximum absolute atomic E-state index is 12.0. The quantitative estimate of drug-likeness (QED) is 0.750. The zero-order valence-corrected chi connectivity index (χ0v) is 7.75. The monoisotopic (exact) mass is 184 g/mol. The summed E-state index contributed by atoms with van der Waals surface area (Å²) in [6.45, 7) is 1.08. The first-order valence-corrected chi connectivity index (χ1v) is 4.12. The van der Waals surface area contributed by atoms with Crippen LogP contribution in [0.25, 0.3) is 0 Å². The van der Waals surface area contributed by atoms with Gasteiger partial charge in [-0.1, -0.05) is 0 Å². The van der Waals surface area contributed by atoms with Gasteiger partial charge in [0.15, 0.2) is 0 Å². The number of hydrogen-bond donors (Lipinski definition) is 1. The molecule has 72 valence electrons. The Morgan fingerprint density at radius 1 is 1.77 bits per heavy atom. The van der Waals surface area contributed by atoms with Gasteiger partial charge in [0.1, 0.15) is 6.67 Å². The van der Waals surface area contributed by atoms with Gasteiger partial charge < -0.3 is 9.88 Å². The Hall–Kier alpha value is -1.32. The van der Waals surface area contributed by atoms with E-state index in [1.54, 1.807) is 30.0 Å². The van der Waals surface area contributed by atoms with E-state index < -0.39 is 12.7 Å². The van der Waals surface area contributed by atoms with Crippen LogP contribution in [0.15, 0.2) is 18.5 Å². The van der Waals surface area contributed by atoms with E-state index in [9.17, 15) is 9.18 Å². The fourth-order valence-electron chi connectivity index (χ4n) is 0.983. The molecule has 1 aromatic heterocycles. The van der Waals surface area contributed by atoms with E-state index >= 15 is 0 Å². The van der Waals surface area contributed by atoms with Crippen LogP contribution in [0.2, 0.25) is 0 Å². The fourth-order valence-corrected chi connectivity index (χ4v) is 0.983. The van der Waals surface area contributed by atoms with Crippen molar-refractivity contribution in [3.8, 4) is 0 Å². The summed E-state index contributed by atoms with van der Waals surface area (Å²) in [5, 5.41) is 2.53. The lowest BCUT2D eigenvalue weighted by atomic mass is 10.3. The first-order valence-electron chi connectivity index (χ1n) is 4.12. The maximum Gasteiger partial charge on any atom is 0.253 e. The Bertz CT molecular complexity index is 296. The molecule has 0 aliphatic carbocycles. The number of halogens is 1. The van der Waals surface area contributed by atoms with E-state index in [2.05, 4.69) is 5.32 Å². The van der Waals surface area contributed by atoms with Crippen LogP contribution < -0.4 is 5.32 Å². The van der Waals surface area contributed by atoms with Crippen molar-refractivity contribution < 1.29 is 9.18 Å². The summed E-state index contributed by atoms with van der Waals surface area (Å²) < 4.78 is 13.8. The largest absolute Gasteiger partial charge is 0.356 e. The second-order valence-electron chi connectivity index (χ2n) is 3.09. The van der Waals surface area contributed by atoms with Gasteiger partial charge in [0.2, 0.25) is 0 Å². The number of aromatic nitrogens is 1. The summed E-state index contributed by atoms with van der Waals surface area (Å²) in [5.74, 6) is -0.231. The molecule has 0 aromatic carbocycles. The molecule has 0 saturated carbocycles. The van der Waals surface area contributed by atoms with E-state index in [1.807, 2.05) is 7.05 Å². The molecule has 1 aromatic rings. The van der Waals surface area contributed by atoms with Gasteiger partial charge in [-0.2, -0.15) is 0 Å². The predicted octanol–water partition coefficient (Wildman–Crippen LogP) is 1.11. The van der Waals surface area contributed by atoms with Gasteiger partial charge in [-0.15, -0.1) is 0 Å². The average molecular weight is 184 g/mol. The van der Waals surface area contributed by atoms with Gasteiger partial charge in [-0.3, -0.25) is 4.79 Å². The van der Waals surface area contributed by atoms with Gasteiger partial charge in [-0.05, 0) is 13.0 Å². The van der Waals surface area contributed by atoms with Gasteiger partial charge in [0.25, 0.3) is 5.91 Å². The number of alkyl halides is 1. The van der Waals surface area contributed by atoms with Crippen LogP contribution in [0.1, 0.15) is 17.3 Å². The van der Waals surface area contributed by atoms with Crippen LogP contribution in [0.4, 0.5) is 4.39 Å². The molecule has 0 bridgehead atoms. The van der Waals surface area contributed by atoms with Gasteiger partial charge in [0, 0.05) is 19.4 Å². The van der Waals surface area contributed by atoms with E-state index in [1.165, 1.54) is 0 Å². The lowest BCUT2D eigenvalue weighted by Crippen LogP contribution is -2.33. The Kier molecular flexibility index (Phi) is 3.06. The SMILES string of the molecule is CC(CF)NC(=O)c1ccn(C)c1. The van der Waals surface area contributed by atoms with Crippen molar-refractivity contribution in [1.29, 1.82) is 0 Å². The summed E-state index contributed by atoms with van der Waals surface area (Å²) in [7, 11) is 1.83. The number of carbonyl (C=O) groups is 1. The van der Waals surface area contributed by atoms with Crippen molar-refractivity contribution in [1.82, 2.24) is 9.88 Å². The van der Waals surface area contributed by atoms with E-state index in [0.29, 0.717) is 5.56 Å². The van der Waals surface area contributed by atoms with Crippen LogP contribution in [-0.4, -0.2) is 23.2 Å². The molecule has 0 spiro atoms. The molecule has 0 aliphatic heterocycles. The highest BCUT2D eigenvalue weighted by atomic mass is 19.1. The molecule has 1 atom stereocenters. The summed E-state index contributed by atoms with van der Waals surface area (Å²) >= 11 is 0. The highest BCUT2D eigenvalue weighted by Gasteiger charge is 2.09. The Labute approximate surface area is 76.6 Å². The Morgan fingerprint density at radius 2 is 2.46 bits per heavy atom. The summed E-state index contributed by atoms with van der Waals surface area (Å²) in [5.41, 5.74) is 0.558. The maximum atomic E-state index is 12.0. The summed E-state index contributed by atoms with van der Waals surface area (Å²) in [6.07, 6.45) is 3.47. The molecule has 1 N–H and O–H groups in total. The van der Waals surface area contributed by atoms with Crippen LogP contribution in [0.5, 0.6) is 0 Å². The molecule has 0 fully saturated rings. The van der Waals surface area contributed by atoms with Crippen molar-refractivity contribution in [2.75, 3.05) is 6.67 Å². The summed E-state index contributed by atoms with van der Waals surface area (Å²) in [4.78, 5) is 11.3. The molecule has 4 heteroatoms. The molecule has 1 rings (SSSR count). The molecular weight excluding hydrogens is 171 g/mol. The lowest BCUT2D eigenvalue weighted by molar-refractivity contribution is 0.0934. The minimum absolute atomic E-state index is 0.231. The van der Waals surface area contributed by atoms with Crippen molar-refractivity contribution in [2.45, 2.75) is 13.0 Å². The van der Waals surface area contributed by atoms with Crippen LogP contribution >= 0.6 is 0 Å². The van der Waals surface area contributed by atoms with Crippen molar-refractivity contribution in [3.63, 3.8) is 0 Å². The summed E-state index contributed by atoms with van der Waals surface area (Å²) in [6, 6.07) is 1.27. The number of rotatable bonds is 3. The number of hydrogen-bond acceptors (Lipinski definition) is 1. The molecule has 1 amide bonds. The smallest absolute Gasteiger partial charge is 0.253 e. The number of amides is 1. The Balaban J connectivity index is 2.58. The van der Waals surface area contributed by atoms with Crippen LogP contribution in [0, 0.1) is 0 Å². The third kappa shape index (κ3) is 2.57. The molecular formula is C9H13FN2O. The second-order valence-corrected chi connectivity index (χ2v) is 3.09. The predicted molar refractivity (Wildman–Crippen MR) is 48.3 cm³/mol. The number of nitrogens with one attached hydrogen (secondary N) is 1. The molecule has 13 heavy (non-hydrogen) atoms. The second kappa shape index (κ2) is 4.07. The average Bonchev–Trinajstić information content (AvgIpc) is 2.51. The van der Waals surface area contributed by atoms with Gasteiger partial charge >= 0.3 is 0 Å². The normalized spacial score (nSPS) is 12.5. The van der Waals surface area contributed by atoms with Crippen molar-refractivity contribution in [3.05, 3.63) is 24.0 Å². The van der Waals surface area contributed by atoms with E-state index in [4.69, 9.17) is 0 Å². The highest BCUT2D eigenvalue weighted by Crippen LogP contribution is 1.99. The topological polar surface area (TPSA) is 34.0 Å². The lowest BCUT2D eigenvalue weighted by Gasteiger charge is -2.07. The standard InChI is InChI=1S/C9H13FN2O/c1-7(5-10)11-9(13)8-3-4-12(2)6-8/h3-4,6-7H,5H2,1-2H3,(H,11,13). The third-order valence-electron chi connectivity index (χ3n) is 1.70. The van der Waals surface area contributed by atoms with E-state index in [0.717, 1.165) is 0 Å². The molecule has 0 aliphatic rings. The van der Waals surface area contributed by atoms with Crippen LogP contribution in [-0.2, 0) is 7.05 Å². The van der Waals surface area contributed by atoms with Crippen molar-refractivity contribution in [2.24, 2.45) is 7.05 Å². The minimum Gasteiger partial charge on any atom is -0.356 e. The third-order valence-corrected chi connectivity index (χ3v) is 1.70. The minimum atomic E-state index is -0.543. The Morgan fingerprint density at radius 3 is 2.92 bits per heavy atom. The molecule has 1 unspecified atom stereocenters. The first kappa shape index (κ1) is 9.77. The van der Waals surface area contributed by atoms with Gasteiger partial charge in [-0.25, -0.2) is 4.39 Å². The fraction of sp³-hybridized carbons (Fsp3) is 0.444. The zero-order chi connectivity index (χ0) is 9.84. The number of aryl methyl sites for hydroxylation is 1.